The van der Waals surface area contributed by atoms with Crippen LogP contribution in [0, 0.1) is 6.92 Å². The largest absolute Gasteiger partial charge is 0.396 e. The van der Waals surface area contributed by atoms with Crippen molar-refractivity contribution >= 4 is 0 Å². The number of hydrogen-bond acceptors (Lipinski definition) is 2. The molecule has 0 aromatic carbocycles. The van der Waals surface area contributed by atoms with E-state index < -0.39 is 0 Å². The second kappa shape index (κ2) is 3.34. The maximum atomic E-state index is 11.1. The van der Waals surface area contributed by atoms with Gasteiger partial charge in [0.25, 0.3) is 5.56 Å². The van der Waals surface area contributed by atoms with Crippen molar-refractivity contribution in [2.45, 2.75) is 13.3 Å². The third kappa shape index (κ3) is 1.68. The summed E-state index contributed by atoms with van der Waals surface area (Å²) in [4.78, 5) is 13.6. The van der Waals surface area contributed by atoms with Crippen LogP contribution in [-0.4, -0.2) is 16.7 Å². The lowest BCUT2D eigenvalue weighted by Gasteiger charge is -1.99. The molecular formula is C8H11NO2. The molecule has 1 aromatic rings. The maximum absolute atomic E-state index is 11.1. The average molecular weight is 153 g/mol. The molecule has 1 aromatic heterocycles. The van der Waals surface area contributed by atoms with E-state index in [2.05, 4.69) is 4.98 Å². The molecule has 0 aliphatic rings. The first-order valence-corrected chi connectivity index (χ1v) is 3.53. The summed E-state index contributed by atoms with van der Waals surface area (Å²) in [7, 11) is 0. The topological polar surface area (TPSA) is 53.1 Å². The molecule has 60 valence electrons. The minimum atomic E-state index is -0.0981. The van der Waals surface area contributed by atoms with Gasteiger partial charge in [-0.15, -0.1) is 0 Å². The van der Waals surface area contributed by atoms with Gasteiger partial charge < -0.3 is 10.1 Å². The fourth-order valence-electron chi connectivity index (χ4n) is 1.03. The number of aryl methyl sites for hydroxylation is 1. The minimum absolute atomic E-state index is 0.0218. The van der Waals surface area contributed by atoms with Gasteiger partial charge in [0.05, 0.1) is 0 Å². The molecule has 2 N–H and O–H groups in total. The van der Waals surface area contributed by atoms with E-state index in [1.807, 2.05) is 13.0 Å². The Kier molecular flexibility index (Phi) is 2.44. The van der Waals surface area contributed by atoms with Crippen molar-refractivity contribution in [3.8, 4) is 0 Å². The van der Waals surface area contributed by atoms with Crippen LogP contribution in [-0.2, 0) is 6.42 Å². The van der Waals surface area contributed by atoms with Crippen molar-refractivity contribution in [3.05, 3.63) is 33.7 Å². The molecule has 0 radical (unpaired) electrons. The van der Waals surface area contributed by atoms with Gasteiger partial charge in [-0.2, -0.15) is 0 Å². The van der Waals surface area contributed by atoms with Crippen molar-refractivity contribution < 1.29 is 5.11 Å². The summed E-state index contributed by atoms with van der Waals surface area (Å²) >= 11 is 0. The summed E-state index contributed by atoms with van der Waals surface area (Å²) in [6, 6.07) is 1.83. The zero-order valence-electron chi connectivity index (χ0n) is 6.42. The number of aromatic amines is 1. The highest BCUT2D eigenvalue weighted by Gasteiger charge is 2.00. The van der Waals surface area contributed by atoms with Crippen LogP contribution in [0.5, 0.6) is 0 Å². The third-order valence-corrected chi connectivity index (χ3v) is 1.66. The Bertz CT molecular complexity index is 290. The highest BCUT2D eigenvalue weighted by atomic mass is 16.3. The number of aliphatic hydroxyl groups is 1. The molecule has 11 heavy (non-hydrogen) atoms. The standard InChI is InChI=1S/C8H11NO2/c1-6-2-4-9-8(11)7(6)3-5-10/h2,4,10H,3,5H2,1H3,(H,9,11). The van der Waals surface area contributed by atoms with E-state index in [1.165, 1.54) is 0 Å². The Balaban J connectivity index is 3.10. The van der Waals surface area contributed by atoms with Gasteiger partial charge in [-0.25, -0.2) is 0 Å². The van der Waals surface area contributed by atoms with Crippen LogP contribution in [0.2, 0.25) is 0 Å². The average Bonchev–Trinajstić information content (AvgIpc) is 1.97. The summed E-state index contributed by atoms with van der Waals surface area (Å²) in [6.07, 6.45) is 2.04. The fourth-order valence-corrected chi connectivity index (χ4v) is 1.03. The van der Waals surface area contributed by atoms with E-state index in [-0.39, 0.29) is 12.2 Å². The van der Waals surface area contributed by atoms with E-state index >= 15 is 0 Å². The fraction of sp³-hybridized carbons (Fsp3) is 0.375. The summed E-state index contributed by atoms with van der Waals surface area (Å²) < 4.78 is 0. The van der Waals surface area contributed by atoms with Crippen LogP contribution in [0.25, 0.3) is 0 Å². The Morgan fingerprint density at radius 3 is 2.91 bits per heavy atom. The number of H-pyrrole nitrogens is 1. The Morgan fingerprint density at radius 1 is 1.64 bits per heavy atom. The van der Waals surface area contributed by atoms with Crippen molar-refractivity contribution in [1.29, 1.82) is 0 Å². The van der Waals surface area contributed by atoms with Crippen LogP contribution in [0.15, 0.2) is 17.1 Å². The van der Waals surface area contributed by atoms with Gasteiger partial charge >= 0.3 is 0 Å². The molecule has 0 saturated heterocycles. The van der Waals surface area contributed by atoms with Crippen molar-refractivity contribution in [1.82, 2.24) is 4.98 Å². The van der Waals surface area contributed by atoms with Gasteiger partial charge in [0.2, 0.25) is 0 Å². The molecule has 0 amide bonds. The number of aliphatic hydroxyl groups excluding tert-OH is 1. The van der Waals surface area contributed by atoms with Crippen molar-refractivity contribution in [3.63, 3.8) is 0 Å². The van der Waals surface area contributed by atoms with E-state index in [0.29, 0.717) is 12.0 Å². The molecular weight excluding hydrogens is 142 g/mol. The van der Waals surface area contributed by atoms with Gasteiger partial charge in [0.1, 0.15) is 0 Å². The van der Waals surface area contributed by atoms with E-state index in [0.717, 1.165) is 5.56 Å². The van der Waals surface area contributed by atoms with Crippen LogP contribution in [0.4, 0.5) is 0 Å². The lowest BCUT2D eigenvalue weighted by atomic mass is 10.1. The Labute approximate surface area is 64.7 Å². The predicted molar refractivity (Wildman–Crippen MR) is 42.6 cm³/mol. The Hall–Kier alpha value is -1.09. The zero-order chi connectivity index (χ0) is 8.27. The van der Waals surface area contributed by atoms with Gasteiger partial charge in [-0.1, -0.05) is 0 Å². The highest BCUT2D eigenvalue weighted by Crippen LogP contribution is 1.99. The van der Waals surface area contributed by atoms with Crippen molar-refractivity contribution in [2.24, 2.45) is 0 Å². The summed E-state index contributed by atoms with van der Waals surface area (Å²) in [6.45, 7) is 1.88. The van der Waals surface area contributed by atoms with Crippen LogP contribution in [0.1, 0.15) is 11.1 Å². The number of rotatable bonds is 2. The SMILES string of the molecule is Cc1cc[nH]c(=O)c1CCO. The van der Waals surface area contributed by atoms with E-state index in [4.69, 9.17) is 5.11 Å². The van der Waals surface area contributed by atoms with Gasteiger partial charge in [-0.3, -0.25) is 4.79 Å². The van der Waals surface area contributed by atoms with Gasteiger partial charge in [-0.05, 0) is 18.6 Å². The summed E-state index contributed by atoms with van der Waals surface area (Å²) in [5.41, 5.74) is 1.51. The minimum Gasteiger partial charge on any atom is -0.396 e. The molecule has 0 atom stereocenters. The smallest absolute Gasteiger partial charge is 0.251 e. The van der Waals surface area contributed by atoms with Crippen molar-refractivity contribution in [2.75, 3.05) is 6.61 Å². The quantitative estimate of drug-likeness (QED) is 0.638. The third-order valence-electron chi connectivity index (χ3n) is 1.66. The first-order chi connectivity index (χ1) is 5.25. The molecule has 0 spiro atoms. The first-order valence-electron chi connectivity index (χ1n) is 3.53. The number of nitrogens with one attached hydrogen (secondary N) is 1. The van der Waals surface area contributed by atoms with Gasteiger partial charge in [0, 0.05) is 24.8 Å². The number of pyridine rings is 1. The molecule has 0 fully saturated rings. The molecule has 1 rings (SSSR count). The maximum Gasteiger partial charge on any atom is 0.251 e. The normalized spacial score (nSPS) is 10.0. The predicted octanol–water partition coefficient (Wildman–Crippen LogP) is 0.218. The Morgan fingerprint density at radius 2 is 2.36 bits per heavy atom. The molecule has 0 bridgehead atoms. The number of aromatic nitrogens is 1. The molecule has 0 aliphatic heterocycles. The molecule has 0 aliphatic carbocycles. The second-order valence-electron chi connectivity index (χ2n) is 2.44. The first kappa shape index (κ1) is 8.01. The van der Waals surface area contributed by atoms with Crippen LogP contribution < -0.4 is 5.56 Å². The summed E-state index contributed by atoms with van der Waals surface area (Å²) in [5.74, 6) is 0. The molecule has 0 saturated carbocycles. The van der Waals surface area contributed by atoms with Gasteiger partial charge in [0.15, 0.2) is 0 Å². The highest BCUT2D eigenvalue weighted by molar-refractivity contribution is 5.21. The lowest BCUT2D eigenvalue weighted by molar-refractivity contribution is 0.299. The molecule has 1 heterocycles. The van der Waals surface area contributed by atoms with Crippen LogP contribution >= 0.6 is 0 Å². The zero-order valence-corrected chi connectivity index (χ0v) is 6.42. The number of hydrogen-bond donors (Lipinski definition) is 2. The monoisotopic (exact) mass is 153 g/mol. The van der Waals surface area contributed by atoms with Crippen LogP contribution in [0.3, 0.4) is 0 Å². The summed E-state index contributed by atoms with van der Waals surface area (Å²) in [5, 5.41) is 8.62. The lowest BCUT2D eigenvalue weighted by Crippen LogP contribution is -2.14. The van der Waals surface area contributed by atoms with E-state index in [9.17, 15) is 4.79 Å². The molecule has 0 unspecified atom stereocenters. The molecule has 3 heteroatoms. The molecule has 3 nitrogen and oxygen atoms in total. The van der Waals surface area contributed by atoms with E-state index in [1.54, 1.807) is 6.20 Å². The second-order valence-corrected chi connectivity index (χ2v) is 2.44.